The molecule has 0 saturated carbocycles. The Morgan fingerprint density at radius 1 is 0.969 bits per heavy atom. The fourth-order valence-corrected chi connectivity index (χ4v) is 3.55. The minimum atomic E-state index is -0.530. The van der Waals surface area contributed by atoms with E-state index in [2.05, 4.69) is 20.3 Å². The van der Waals surface area contributed by atoms with Crippen LogP contribution in [-0.2, 0) is 19.4 Å². The van der Waals surface area contributed by atoms with Gasteiger partial charge in [-0.1, -0.05) is 37.3 Å². The molecule has 0 bridgehead atoms. The number of aryl methyl sites for hydroxylation is 1. The number of ketones is 1. The third-order valence-electron chi connectivity index (χ3n) is 5.26. The number of fused-ring (bicyclic) bond motifs is 1. The monoisotopic (exact) mass is 425 g/mol. The van der Waals surface area contributed by atoms with E-state index in [4.69, 9.17) is 5.73 Å². The maximum atomic E-state index is 12.6. The fraction of sp³-hybridized carbons (Fsp3) is 0.160. The zero-order valence-electron chi connectivity index (χ0n) is 17.7. The first kappa shape index (κ1) is 21.1. The lowest BCUT2D eigenvalue weighted by atomic mass is 10.0. The van der Waals surface area contributed by atoms with Crippen molar-refractivity contribution in [1.29, 1.82) is 0 Å². The van der Waals surface area contributed by atoms with Gasteiger partial charge in [0.2, 0.25) is 0 Å². The number of pyridine rings is 1. The summed E-state index contributed by atoms with van der Waals surface area (Å²) in [6.07, 6.45) is 4.20. The third kappa shape index (κ3) is 4.62. The lowest BCUT2D eigenvalue weighted by Crippen LogP contribution is -2.12. The quantitative estimate of drug-likeness (QED) is 0.416. The van der Waals surface area contributed by atoms with E-state index in [1.54, 1.807) is 18.3 Å². The minimum absolute atomic E-state index is 0.0334. The summed E-state index contributed by atoms with van der Waals surface area (Å²) in [4.78, 5) is 37.1. The topological polar surface area (TPSA) is 111 Å². The first-order valence-corrected chi connectivity index (χ1v) is 10.4. The highest BCUT2D eigenvalue weighted by atomic mass is 16.1. The van der Waals surface area contributed by atoms with Crippen LogP contribution in [0.15, 0.2) is 67.1 Å². The van der Waals surface area contributed by atoms with Crippen LogP contribution >= 0.6 is 0 Å². The Bertz CT molecular complexity index is 1290. The molecule has 0 fully saturated rings. The van der Waals surface area contributed by atoms with Crippen LogP contribution in [0.25, 0.3) is 10.9 Å². The van der Waals surface area contributed by atoms with Gasteiger partial charge in [0.1, 0.15) is 12.1 Å². The number of hydrogen-bond acceptors (Lipinski definition) is 6. The van der Waals surface area contributed by atoms with Crippen molar-refractivity contribution >= 4 is 28.4 Å². The van der Waals surface area contributed by atoms with Gasteiger partial charge in [-0.3, -0.25) is 14.6 Å². The SMILES string of the molecule is CCc1ccc(C(=O)Cc2cccc(CNc3ncnc4c(C(N)=O)cccc34)c2)cn1. The van der Waals surface area contributed by atoms with Crippen molar-refractivity contribution in [3.05, 3.63) is 95.1 Å². The van der Waals surface area contributed by atoms with Crippen molar-refractivity contribution in [3.63, 3.8) is 0 Å². The van der Waals surface area contributed by atoms with Gasteiger partial charge in [0.05, 0.1) is 11.1 Å². The number of Topliss-reactive ketones (excluding diaryl/α,β-unsaturated/α-hetero) is 1. The first-order chi connectivity index (χ1) is 15.5. The van der Waals surface area contributed by atoms with Gasteiger partial charge in [-0.2, -0.15) is 0 Å². The molecular formula is C25H23N5O2. The standard InChI is InChI=1S/C25H23N5O2/c1-2-19-10-9-18(14-27-19)22(31)12-16-5-3-6-17(11-16)13-28-25-21-8-4-7-20(24(26)32)23(21)29-15-30-25/h3-11,14-15H,2,12-13H2,1H3,(H2,26,32)(H,28,29,30). The molecule has 0 aliphatic carbocycles. The molecule has 0 spiro atoms. The number of carbonyl (C=O) groups excluding carboxylic acids is 2. The number of aromatic nitrogens is 3. The number of nitrogens with one attached hydrogen (secondary N) is 1. The largest absolute Gasteiger partial charge is 0.366 e. The van der Waals surface area contributed by atoms with Crippen LogP contribution in [0.3, 0.4) is 0 Å². The van der Waals surface area contributed by atoms with Crippen molar-refractivity contribution in [2.75, 3.05) is 5.32 Å². The molecule has 0 saturated heterocycles. The van der Waals surface area contributed by atoms with E-state index in [9.17, 15) is 9.59 Å². The van der Waals surface area contributed by atoms with E-state index < -0.39 is 5.91 Å². The summed E-state index contributed by atoms with van der Waals surface area (Å²) >= 11 is 0. The summed E-state index contributed by atoms with van der Waals surface area (Å²) in [5.41, 5.74) is 9.84. The van der Waals surface area contributed by atoms with Gasteiger partial charge in [0.25, 0.3) is 5.91 Å². The van der Waals surface area contributed by atoms with Crippen molar-refractivity contribution in [1.82, 2.24) is 15.0 Å². The van der Waals surface area contributed by atoms with Crippen LogP contribution < -0.4 is 11.1 Å². The first-order valence-electron chi connectivity index (χ1n) is 10.4. The normalized spacial score (nSPS) is 10.8. The van der Waals surface area contributed by atoms with Crippen molar-refractivity contribution in [2.24, 2.45) is 5.73 Å². The number of para-hydroxylation sites is 1. The summed E-state index contributed by atoms with van der Waals surface area (Å²) in [5, 5.41) is 4.02. The van der Waals surface area contributed by atoms with E-state index in [0.717, 1.165) is 28.6 Å². The number of carbonyl (C=O) groups is 2. The molecule has 4 rings (SSSR count). The molecule has 1 amide bonds. The summed E-state index contributed by atoms with van der Waals surface area (Å²) in [6.45, 7) is 2.53. The van der Waals surface area contributed by atoms with Gasteiger partial charge in [-0.25, -0.2) is 9.97 Å². The van der Waals surface area contributed by atoms with Crippen molar-refractivity contribution in [2.45, 2.75) is 26.3 Å². The molecule has 32 heavy (non-hydrogen) atoms. The van der Waals surface area contributed by atoms with E-state index in [0.29, 0.717) is 35.4 Å². The fourth-order valence-electron chi connectivity index (χ4n) is 3.55. The summed E-state index contributed by atoms with van der Waals surface area (Å²) in [5.74, 6) is 0.116. The van der Waals surface area contributed by atoms with Crippen LogP contribution in [0, 0.1) is 0 Å². The average molecular weight is 425 g/mol. The number of nitrogens with two attached hydrogens (primary N) is 1. The molecule has 160 valence electrons. The van der Waals surface area contributed by atoms with Crippen LogP contribution in [0.4, 0.5) is 5.82 Å². The van der Waals surface area contributed by atoms with Gasteiger partial charge >= 0.3 is 0 Å². The molecule has 0 aliphatic rings. The predicted octanol–water partition coefficient (Wildman–Crippen LogP) is 3.72. The van der Waals surface area contributed by atoms with E-state index >= 15 is 0 Å². The molecular weight excluding hydrogens is 402 g/mol. The molecule has 7 nitrogen and oxygen atoms in total. The molecule has 3 N–H and O–H groups in total. The van der Waals surface area contributed by atoms with Gasteiger partial charge < -0.3 is 11.1 Å². The number of amides is 1. The Hall–Kier alpha value is -4.13. The van der Waals surface area contributed by atoms with Gasteiger partial charge in [-0.15, -0.1) is 0 Å². The predicted molar refractivity (Wildman–Crippen MR) is 123 cm³/mol. The average Bonchev–Trinajstić information content (AvgIpc) is 2.82. The molecule has 0 aliphatic heterocycles. The number of nitrogens with zero attached hydrogens (tertiary/aromatic N) is 3. The Labute approximate surface area is 185 Å². The number of rotatable bonds is 8. The number of benzene rings is 2. The number of primary amides is 1. The molecule has 0 atom stereocenters. The second-order valence-electron chi connectivity index (χ2n) is 7.45. The highest BCUT2D eigenvalue weighted by Crippen LogP contribution is 2.22. The van der Waals surface area contributed by atoms with Crippen LogP contribution in [-0.4, -0.2) is 26.6 Å². The highest BCUT2D eigenvalue weighted by molar-refractivity contribution is 6.06. The van der Waals surface area contributed by atoms with E-state index in [1.807, 2.05) is 49.4 Å². The van der Waals surface area contributed by atoms with Gasteiger partial charge in [0.15, 0.2) is 5.78 Å². The molecule has 2 heterocycles. The minimum Gasteiger partial charge on any atom is -0.366 e. The zero-order chi connectivity index (χ0) is 22.5. The Kier molecular flexibility index (Phi) is 6.17. The zero-order valence-corrected chi connectivity index (χ0v) is 17.7. The van der Waals surface area contributed by atoms with Crippen molar-refractivity contribution < 1.29 is 9.59 Å². The van der Waals surface area contributed by atoms with E-state index in [-0.39, 0.29) is 5.78 Å². The Morgan fingerprint density at radius 2 is 1.78 bits per heavy atom. The van der Waals surface area contributed by atoms with E-state index in [1.165, 1.54) is 6.33 Å². The molecule has 2 aromatic carbocycles. The Morgan fingerprint density at radius 3 is 2.53 bits per heavy atom. The summed E-state index contributed by atoms with van der Waals surface area (Å²) < 4.78 is 0. The second kappa shape index (κ2) is 9.34. The lowest BCUT2D eigenvalue weighted by Gasteiger charge is -2.10. The summed E-state index contributed by atoms with van der Waals surface area (Å²) in [7, 11) is 0. The maximum absolute atomic E-state index is 12.6. The molecule has 7 heteroatoms. The third-order valence-corrected chi connectivity index (χ3v) is 5.26. The number of anilines is 1. The highest BCUT2D eigenvalue weighted by Gasteiger charge is 2.12. The van der Waals surface area contributed by atoms with Crippen LogP contribution in [0.2, 0.25) is 0 Å². The molecule has 0 unspecified atom stereocenters. The molecule has 0 radical (unpaired) electrons. The van der Waals surface area contributed by atoms with Gasteiger partial charge in [-0.05, 0) is 41.8 Å². The lowest BCUT2D eigenvalue weighted by molar-refractivity contribution is 0.0987. The smallest absolute Gasteiger partial charge is 0.250 e. The second-order valence-corrected chi connectivity index (χ2v) is 7.45. The van der Waals surface area contributed by atoms with Crippen LogP contribution in [0.5, 0.6) is 0 Å². The maximum Gasteiger partial charge on any atom is 0.250 e. The van der Waals surface area contributed by atoms with Crippen LogP contribution in [0.1, 0.15) is 44.5 Å². The van der Waals surface area contributed by atoms with Gasteiger partial charge in [0, 0.05) is 35.8 Å². The molecule has 2 aromatic heterocycles. The van der Waals surface area contributed by atoms with Crippen molar-refractivity contribution in [3.8, 4) is 0 Å². The molecule has 4 aromatic rings. The number of hydrogen-bond donors (Lipinski definition) is 2. The Balaban J connectivity index is 1.48. The summed E-state index contributed by atoms with van der Waals surface area (Å²) in [6, 6.07) is 16.8.